The second-order valence-electron chi connectivity index (χ2n) is 12.6. The zero-order valence-electron chi connectivity index (χ0n) is 23.4. The van der Waals surface area contributed by atoms with Crippen LogP contribution < -0.4 is 10.9 Å². The van der Waals surface area contributed by atoms with Gasteiger partial charge >= 0.3 is 5.63 Å². The first-order valence-electron chi connectivity index (χ1n) is 15.3. The standard InChI is InChI=1S/C35H38N2O4/c38-30-19-31(26(16-21-8-9-21)17-22-10-11-22)41-35(40)34(30)33(23-12-13-23)24-4-3-5-27(18-24)37-32(39)15-14-25-20-36-29-7-2-1-6-28(25)29/h1-7,18-23,26,33,36,38H,8-17H2,(H,37,39). The number of aromatic amines is 1. The van der Waals surface area contributed by atoms with Crippen LogP contribution in [0.4, 0.5) is 5.69 Å². The molecule has 1 unspecified atom stereocenters. The Morgan fingerprint density at radius 1 is 0.976 bits per heavy atom. The number of hydrogen-bond acceptors (Lipinski definition) is 4. The lowest BCUT2D eigenvalue weighted by molar-refractivity contribution is -0.116. The lowest BCUT2D eigenvalue weighted by atomic mass is 9.86. The van der Waals surface area contributed by atoms with Gasteiger partial charge in [0.05, 0.1) is 5.56 Å². The molecular formula is C35H38N2O4. The number of nitrogens with one attached hydrogen (secondary N) is 2. The van der Waals surface area contributed by atoms with Gasteiger partial charge in [0.1, 0.15) is 11.5 Å². The van der Waals surface area contributed by atoms with Crippen molar-refractivity contribution < 1.29 is 14.3 Å². The van der Waals surface area contributed by atoms with Gasteiger partial charge in [0, 0.05) is 47.1 Å². The molecular weight excluding hydrogens is 512 g/mol. The van der Waals surface area contributed by atoms with E-state index in [2.05, 4.69) is 16.4 Å². The van der Waals surface area contributed by atoms with Gasteiger partial charge in [-0.25, -0.2) is 4.79 Å². The van der Waals surface area contributed by atoms with E-state index < -0.39 is 5.63 Å². The molecule has 3 saturated carbocycles. The molecule has 212 valence electrons. The highest BCUT2D eigenvalue weighted by Gasteiger charge is 2.39. The first-order valence-corrected chi connectivity index (χ1v) is 15.3. The maximum atomic E-state index is 13.5. The molecule has 1 amide bonds. The highest BCUT2D eigenvalue weighted by Crippen LogP contribution is 2.49. The van der Waals surface area contributed by atoms with E-state index in [0.717, 1.165) is 59.5 Å². The number of para-hydroxylation sites is 1. The molecule has 1 atom stereocenters. The number of aromatic nitrogens is 1. The molecule has 0 saturated heterocycles. The smallest absolute Gasteiger partial charge is 0.343 e. The normalized spacial score (nSPS) is 17.7. The number of carbonyl (C=O) groups excluding carboxylic acids is 1. The molecule has 2 aromatic carbocycles. The van der Waals surface area contributed by atoms with Gasteiger partial charge < -0.3 is 19.8 Å². The number of hydrogen-bond donors (Lipinski definition) is 3. The maximum Gasteiger partial charge on any atom is 0.343 e. The fraction of sp³-hybridized carbons (Fsp3) is 0.429. The summed E-state index contributed by atoms with van der Waals surface area (Å²) in [6.07, 6.45) is 12.1. The van der Waals surface area contributed by atoms with Gasteiger partial charge in [-0.2, -0.15) is 0 Å². The number of benzene rings is 2. The van der Waals surface area contributed by atoms with Gasteiger partial charge in [0.25, 0.3) is 0 Å². The molecule has 2 heterocycles. The van der Waals surface area contributed by atoms with E-state index in [1.807, 2.05) is 48.7 Å². The predicted molar refractivity (Wildman–Crippen MR) is 160 cm³/mol. The summed E-state index contributed by atoms with van der Waals surface area (Å²) in [6.45, 7) is 0. The zero-order chi connectivity index (χ0) is 27.9. The first kappa shape index (κ1) is 26.1. The third-order valence-corrected chi connectivity index (χ3v) is 9.25. The number of amides is 1. The largest absolute Gasteiger partial charge is 0.507 e. The van der Waals surface area contributed by atoms with E-state index in [-0.39, 0.29) is 29.4 Å². The summed E-state index contributed by atoms with van der Waals surface area (Å²) >= 11 is 0. The van der Waals surface area contributed by atoms with Crippen LogP contribution in [0.25, 0.3) is 10.9 Å². The van der Waals surface area contributed by atoms with Gasteiger partial charge in [0.2, 0.25) is 5.91 Å². The molecule has 41 heavy (non-hydrogen) atoms. The van der Waals surface area contributed by atoms with Gasteiger partial charge in [-0.3, -0.25) is 4.79 Å². The molecule has 0 spiro atoms. The molecule has 0 bridgehead atoms. The van der Waals surface area contributed by atoms with Crippen LogP contribution in [0.2, 0.25) is 0 Å². The summed E-state index contributed by atoms with van der Waals surface area (Å²) in [6, 6.07) is 17.6. The van der Waals surface area contributed by atoms with Crippen LogP contribution >= 0.6 is 0 Å². The summed E-state index contributed by atoms with van der Waals surface area (Å²) < 4.78 is 5.99. The minimum Gasteiger partial charge on any atom is -0.507 e. The number of aromatic hydroxyl groups is 1. The summed E-state index contributed by atoms with van der Waals surface area (Å²) in [7, 11) is 0. The monoisotopic (exact) mass is 550 g/mol. The number of rotatable bonds is 12. The molecule has 0 aliphatic heterocycles. The van der Waals surface area contributed by atoms with Crippen LogP contribution in [0.3, 0.4) is 0 Å². The van der Waals surface area contributed by atoms with Crippen molar-refractivity contribution in [2.24, 2.45) is 17.8 Å². The van der Waals surface area contributed by atoms with Crippen LogP contribution in [-0.4, -0.2) is 16.0 Å². The van der Waals surface area contributed by atoms with Crippen molar-refractivity contribution in [2.45, 2.75) is 76.0 Å². The Bertz CT molecular complexity index is 1610. The van der Waals surface area contributed by atoms with Crippen molar-refractivity contribution >= 4 is 22.5 Å². The third-order valence-electron chi connectivity index (χ3n) is 9.25. The Morgan fingerprint density at radius 2 is 1.73 bits per heavy atom. The fourth-order valence-corrected chi connectivity index (χ4v) is 6.56. The van der Waals surface area contributed by atoms with Crippen LogP contribution in [0.15, 0.2) is 70.0 Å². The Kier molecular flexibility index (Phi) is 6.93. The lowest BCUT2D eigenvalue weighted by Gasteiger charge is -2.21. The number of H-pyrrole nitrogens is 1. The third kappa shape index (κ3) is 5.97. The lowest BCUT2D eigenvalue weighted by Crippen LogP contribution is -2.18. The van der Waals surface area contributed by atoms with Crippen LogP contribution in [0, 0.1) is 17.8 Å². The SMILES string of the molecule is O=C(CCc1c[nH]c2ccccc12)Nc1cccc(C(c2c(O)cc(C(CC3CC3)CC3CC3)oc2=O)C2CC2)c1. The van der Waals surface area contributed by atoms with Crippen molar-refractivity contribution in [1.82, 2.24) is 4.98 Å². The average molecular weight is 551 g/mol. The molecule has 3 fully saturated rings. The van der Waals surface area contributed by atoms with Crippen LogP contribution in [0.5, 0.6) is 5.75 Å². The Balaban J connectivity index is 1.09. The molecule has 3 aliphatic rings. The summed E-state index contributed by atoms with van der Waals surface area (Å²) in [5, 5.41) is 15.4. The quantitative estimate of drug-likeness (QED) is 0.169. The summed E-state index contributed by atoms with van der Waals surface area (Å²) in [5.74, 6) is 2.34. The fourth-order valence-electron chi connectivity index (χ4n) is 6.56. The highest BCUT2D eigenvalue weighted by molar-refractivity contribution is 5.91. The minimum atomic E-state index is -0.415. The maximum absolute atomic E-state index is 13.5. The average Bonchev–Trinajstić information content (AvgIpc) is 3.82. The molecule has 7 rings (SSSR count). The molecule has 4 aromatic rings. The second-order valence-corrected chi connectivity index (χ2v) is 12.6. The number of carbonyl (C=O) groups is 1. The topological polar surface area (TPSA) is 95.3 Å². The van der Waals surface area contributed by atoms with Crippen molar-refractivity contribution in [3.63, 3.8) is 0 Å². The summed E-state index contributed by atoms with van der Waals surface area (Å²) in [5.41, 5.74) is 3.76. The van der Waals surface area contributed by atoms with E-state index in [1.54, 1.807) is 6.07 Å². The van der Waals surface area contributed by atoms with Crippen molar-refractivity contribution in [3.8, 4) is 5.75 Å². The number of aryl methyl sites for hydroxylation is 1. The molecule has 3 aliphatic carbocycles. The van der Waals surface area contributed by atoms with Crippen LogP contribution in [0.1, 0.15) is 92.1 Å². The molecule has 2 aromatic heterocycles. The van der Waals surface area contributed by atoms with Crippen molar-refractivity contribution in [3.05, 3.63) is 93.7 Å². The van der Waals surface area contributed by atoms with E-state index in [0.29, 0.717) is 29.9 Å². The van der Waals surface area contributed by atoms with Gasteiger partial charge in [0.15, 0.2) is 0 Å². The molecule has 3 N–H and O–H groups in total. The molecule has 0 radical (unpaired) electrons. The second kappa shape index (κ2) is 10.9. The minimum absolute atomic E-state index is 0.0536. The van der Waals surface area contributed by atoms with E-state index in [1.165, 1.54) is 25.7 Å². The van der Waals surface area contributed by atoms with Crippen molar-refractivity contribution in [1.29, 1.82) is 0 Å². The predicted octanol–water partition coefficient (Wildman–Crippen LogP) is 7.62. The Hall–Kier alpha value is -3.80. The van der Waals surface area contributed by atoms with E-state index in [9.17, 15) is 14.7 Å². The molecule has 6 nitrogen and oxygen atoms in total. The Labute approximate surface area is 240 Å². The first-order chi connectivity index (χ1) is 20.0. The van der Waals surface area contributed by atoms with E-state index in [4.69, 9.17) is 4.42 Å². The Morgan fingerprint density at radius 3 is 2.44 bits per heavy atom. The zero-order valence-corrected chi connectivity index (χ0v) is 23.4. The van der Waals surface area contributed by atoms with Crippen LogP contribution in [-0.2, 0) is 11.2 Å². The highest BCUT2D eigenvalue weighted by atomic mass is 16.4. The van der Waals surface area contributed by atoms with Gasteiger partial charge in [-0.1, -0.05) is 56.0 Å². The van der Waals surface area contributed by atoms with E-state index >= 15 is 0 Å². The number of anilines is 1. The molecule has 6 heteroatoms. The van der Waals surface area contributed by atoms with Gasteiger partial charge in [-0.15, -0.1) is 0 Å². The van der Waals surface area contributed by atoms with Crippen molar-refractivity contribution in [2.75, 3.05) is 5.32 Å². The van der Waals surface area contributed by atoms with Gasteiger partial charge in [-0.05, 0) is 79.2 Å². The summed E-state index contributed by atoms with van der Waals surface area (Å²) in [4.78, 5) is 29.6. The number of fused-ring (bicyclic) bond motifs is 1.